The number of H-pyrrole nitrogens is 1. The number of carboxylic acids is 1. The molecule has 1 saturated carbocycles. The Bertz CT molecular complexity index is 1430. The highest BCUT2D eigenvalue weighted by molar-refractivity contribution is 5.87. The summed E-state index contributed by atoms with van der Waals surface area (Å²) in [5.74, 6) is -1.04. The highest BCUT2D eigenvalue weighted by atomic mass is 19.1. The first-order chi connectivity index (χ1) is 17.2. The fraction of sp³-hybridized carbons (Fsp3) is 0.400. The molecule has 3 aromatic rings. The molecule has 0 radical (unpaired) electrons. The lowest BCUT2D eigenvalue weighted by molar-refractivity contribution is 0.0696. The van der Waals surface area contributed by atoms with E-state index in [1.54, 1.807) is 6.92 Å². The number of halogens is 1. The lowest BCUT2D eigenvalue weighted by atomic mass is 9.83. The predicted molar refractivity (Wildman–Crippen MR) is 129 cm³/mol. The summed E-state index contributed by atoms with van der Waals surface area (Å²) in [4.78, 5) is 47.4. The molecule has 0 aliphatic heterocycles. The van der Waals surface area contributed by atoms with E-state index in [4.69, 9.17) is 9.84 Å². The third-order valence-electron chi connectivity index (χ3n) is 6.42. The van der Waals surface area contributed by atoms with E-state index in [9.17, 15) is 18.8 Å². The third kappa shape index (κ3) is 5.61. The van der Waals surface area contributed by atoms with Gasteiger partial charge in [0.15, 0.2) is 11.6 Å². The maximum Gasteiger partial charge on any atom is 0.337 e. The number of hydrogen-bond donors (Lipinski definition) is 2. The summed E-state index contributed by atoms with van der Waals surface area (Å²) in [5, 5.41) is 8.95. The Kier molecular flexibility index (Phi) is 7.47. The molecule has 1 aromatic carbocycles. The summed E-state index contributed by atoms with van der Waals surface area (Å²) in [6.07, 6.45) is 5.26. The van der Waals surface area contributed by atoms with Crippen LogP contribution in [0.5, 0.6) is 11.6 Å². The van der Waals surface area contributed by atoms with Gasteiger partial charge in [0.2, 0.25) is 11.5 Å². The van der Waals surface area contributed by atoms with Gasteiger partial charge in [0.05, 0.1) is 11.3 Å². The molecule has 1 fully saturated rings. The Morgan fingerprint density at radius 3 is 2.56 bits per heavy atom. The molecule has 190 valence electrons. The number of aromatic carboxylic acids is 1. The van der Waals surface area contributed by atoms with Gasteiger partial charge in [-0.1, -0.05) is 19.8 Å². The van der Waals surface area contributed by atoms with Crippen LogP contribution in [0.25, 0.3) is 0 Å². The van der Waals surface area contributed by atoms with Crippen molar-refractivity contribution in [3.05, 3.63) is 74.5 Å². The van der Waals surface area contributed by atoms with Crippen LogP contribution in [0.15, 0.2) is 51.1 Å². The number of rotatable bonds is 7. The SMILES string of the molecule is CCn1c(=O)[nH]/c(=N\c2ccc(Oc3ccc(C(=O)O)cn3)c(F)c2)n(C[C@H]2CC[C@H](C)CC2)c1=O. The number of aromatic nitrogens is 4. The van der Waals surface area contributed by atoms with Gasteiger partial charge < -0.3 is 9.84 Å². The average molecular weight is 498 g/mol. The average Bonchev–Trinajstić information content (AvgIpc) is 2.85. The van der Waals surface area contributed by atoms with Crippen molar-refractivity contribution in [2.75, 3.05) is 0 Å². The molecule has 2 heterocycles. The van der Waals surface area contributed by atoms with Crippen LogP contribution in [0.3, 0.4) is 0 Å². The van der Waals surface area contributed by atoms with Gasteiger partial charge in [-0.15, -0.1) is 0 Å². The molecule has 1 aliphatic rings. The van der Waals surface area contributed by atoms with Crippen LogP contribution in [0.1, 0.15) is 49.9 Å². The molecule has 0 spiro atoms. The Labute approximate surface area is 205 Å². The van der Waals surface area contributed by atoms with E-state index in [1.165, 1.54) is 28.8 Å². The van der Waals surface area contributed by atoms with Crippen LogP contribution < -0.4 is 21.7 Å². The van der Waals surface area contributed by atoms with Gasteiger partial charge in [-0.3, -0.25) is 9.55 Å². The molecule has 10 nitrogen and oxygen atoms in total. The molecule has 11 heteroatoms. The molecule has 0 saturated heterocycles. The van der Waals surface area contributed by atoms with E-state index in [-0.39, 0.29) is 41.0 Å². The maximum absolute atomic E-state index is 14.8. The van der Waals surface area contributed by atoms with Gasteiger partial charge >= 0.3 is 17.3 Å². The quantitative estimate of drug-likeness (QED) is 0.514. The van der Waals surface area contributed by atoms with Crippen molar-refractivity contribution in [3.63, 3.8) is 0 Å². The standard InChI is InChI=1S/C25H28FN5O5/c1-3-30-24(34)29-23(31(25(30)35)14-16-6-4-15(2)5-7-16)28-18-9-10-20(19(26)12-18)36-21-11-8-17(13-27-21)22(32)33/h8-13,15-16H,3-7,14H2,1-2H3,(H,32,33)(H,28,29,34)/t15-,16-. The zero-order valence-electron chi connectivity index (χ0n) is 20.1. The summed E-state index contributed by atoms with van der Waals surface area (Å²) in [7, 11) is 0. The second-order valence-electron chi connectivity index (χ2n) is 9.04. The van der Waals surface area contributed by atoms with E-state index in [2.05, 4.69) is 21.9 Å². The van der Waals surface area contributed by atoms with Crippen LogP contribution in [0.4, 0.5) is 10.1 Å². The molecule has 0 amide bonds. The smallest absolute Gasteiger partial charge is 0.337 e. The first-order valence-electron chi connectivity index (χ1n) is 11.9. The minimum absolute atomic E-state index is 0.0213. The largest absolute Gasteiger partial charge is 0.478 e. The first-order valence-corrected chi connectivity index (χ1v) is 11.9. The van der Waals surface area contributed by atoms with Crippen LogP contribution in [-0.4, -0.2) is 30.2 Å². The normalized spacial score (nSPS) is 18.2. The number of aromatic amines is 1. The molecule has 2 aromatic heterocycles. The number of benzene rings is 1. The summed E-state index contributed by atoms with van der Waals surface area (Å²) in [6, 6.07) is 6.58. The van der Waals surface area contributed by atoms with Crippen molar-refractivity contribution >= 4 is 11.7 Å². The van der Waals surface area contributed by atoms with Crippen LogP contribution in [0, 0.1) is 17.7 Å². The van der Waals surface area contributed by atoms with Gasteiger partial charge in [-0.05, 0) is 49.8 Å². The number of carboxylic acid groups (broad SMARTS) is 1. The number of pyridine rings is 1. The summed E-state index contributed by atoms with van der Waals surface area (Å²) in [6.45, 7) is 4.58. The number of nitrogens with one attached hydrogen (secondary N) is 1. The van der Waals surface area contributed by atoms with Crippen LogP contribution in [-0.2, 0) is 13.1 Å². The molecule has 0 bridgehead atoms. The molecule has 4 rings (SSSR count). The van der Waals surface area contributed by atoms with Crippen LogP contribution in [0.2, 0.25) is 0 Å². The second kappa shape index (κ2) is 10.7. The highest BCUT2D eigenvalue weighted by Gasteiger charge is 2.20. The van der Waals surface area contributed by atoms with Crippen molar-refractivity contribution in [3.8, 4) is 11.6 Å². The zero-order valence-corrected chi connectivity index (χ0v) is 20.1. The van der Waals surface area contributed by atoms with Gasteiger partial charge in [0.1, 0.15) is 0 Å². The fourth-order valence-electron chi connectivity index (χ4n) is 4.30. The molecular formula is C25H28FN5O5. The van der Waals surface area contributed by atoms with Gasteiger partial charge in [-0.2, -0.15) is 0 Å². The number of carbonyl (C=O) groups is 1. The zero-order chi connectivity index (χ0) is 25.8. The monoisotopic (exact) mass is 497 g/mol. The molecule has 0 unspecified atom stereocenters. The molecule has 1 aliphatic carbocycles. The molecule has 2 N–H and O–H groups in total. The van der Waals surface area contributed by atoms with E-state index in [0.717, 1.165) is 42.5 Å². The van der Waals surface area contributed by atoms with Crippen molar-refractivity contribution in [2.45, 2.75) is 52.6 Å². The minimum atomic E-state index is -1.13. The molecular weight excluding hydrogens is 469 g/mol. The van der Waals surface area contributed by atoms with Crippen molar-refractivity contribution in [1.82, 2.24) is 19.1 Å². The van der Waals surface area contributed by atoms with E-state index in [0.29, 0.717) is 12.5 Å². The van der Waals surface area contributed by atoms with Crippen molar-refractivity contribution < 1.29 is 19.0 Å². The van der Waals surface area contributed by atoms with E-state index < -0.39 is 23.2 Å². The fourth-order valence-corrected chi connectivity index (χ4v) is 4.30. The molecule has 0 atom stereocenters. The van der Waals surface area contributed by atoms with E-state index in [1.807, 2.05) is 0 Å². The third-order valence-corrected chi connectivity index (χ3v) is 6.42. The molecule has 36 heavy (non-hydrogen) atoms. The van der Waals surface area contributed by atoms with Gasteiger partial charge in [0, 0.05) is 31.4 Å². The second-order valence-corrected chi connectivity index (χ2v) is 9.04. The maximum atomic E-state index is 14.8. The first kappa shape index (κ1) is 25.1. The lowest BCUT2D eigenvalue weighted by Crippen LogP contribution is -2.50. The number of hydrogen-bond acceptors (Lipinski definition) is 6. The van der Waals surface area contributed by atoms with Crippen LogP contribution >= 0.6 is 0 Å². The van der Waals surface area contributed by atoms with E-state index >= 15 is 0 Å². The lowest BCUT2D eigenvalue weighted by Gasteiger charge is -2.26. The van der Waals surface area contributed by atoms with Gasteiger partial charge in [0.25, 0.3) is 0 Å². The topological polar surface area (TPSA) is 132 Å². The summed E-state index contributed by atoms with van der Waals surface area (Å²) < 4.78 is 22.8. The minimum Gasteiger partial charge on any atom is -0.478 e. The highest BCUT2D eigenvalue weighted by Crippen LogP contribution is 2.29. The number of nitrogens with zero attached hydrogens (tertiary/aromatic N) is 4. The summed E-state index contributed by atoms with van der Waals surface area (Å²) in [5.41, 5.74) is -0.801. The predicted octanol–water partition coefficient (Wildman–Crippen LogP) is 3.44. The number of ether oxygens (including phenoxy) is 1. The van der Waals surface area contributed by atoms with Gasteiger partial charge in [-0.25, -0.2) is 33.3 Å². The van der Waals surface area contributed by atoms with Crippen molar-refractivity contribution in [1.29, 1.82) is 0 Å². The Hall–Kier alpha value is -4.02. The van der Waals surface area contributed by atoms with Crippen molar-refractivity contribution in [2.24, 2.45) is 16.8 Å². The summed E-state index contributed by atoms with van der Waals surface area (Å²) >= 11 is 0. The Balaban J connectivity index is 1.65. The Morgan fingerprint density at radius 1 is 1.19 bits per heavy atom. The Morgan fingerprint density at radius 2 is 1.94 bits per heavy atom.